The summed E-state index contributed by atoms with van der Waals surface area (Å²) in [7, 11) is 0. The minimum absolute atomic E-state index is 0.0150. The summed E-state index contributed by atoms with van der Waals surface area (Å²) in [6.45, 7) is 9.36. The van der Waals surface area contributed by atoms with E-state index in [1.54, 1.807) is 0 Å². The van der Waals surface area contributed by atoms with Crippen LogP contribution >= 0.6 is 0 Å². The van der Waals surface area contributed by atoms with Crippen LogP contribution in [0.3, 0.4) is 0 Å². The van der Waals surface area contributed by atoms with E-state index in [4.69, 9.17) is 4.74 Å². The molecule has 1 aliphatic carbocycles. The molecule has 0 N–H and O–H groups in total. The molecule has 18 heavy (non-hydrogen) atoms. The van der Waals surface area contributed by atoms with Crippen molar-refractivity contribution in [3.05, 3.63) is 35.5 Å². The van der Waals surface area contributed by atoms with Crippen molar-refractivity contribution in [1.82, 2.24) is 0 Å². The lowest BCUT2D eigenvalue weighted by atomic mass is 10.0. The molecule has 1 aliphatic rings. The summed E-state index contributed by atoms with van der Waals surface area (Å²) in [5.41, 5.74) is 2.93. The summed E-state index contributed by atoms with van der Waals surface area (Å²) in [4.78, 5) is 0. The molecule has 0 unspecified atom stereocenters. The molecule has 0 aliphatic heterocycles. The highest BCUT2D eigenvalue weighted by Crippen LogP contribution is 2.23. The lowest BCUT2D eigenvalue weighted by molar-refractivity contribution is -0.00473. The van der Waals surface area contributed by atoms with E-state index in [-0.39, 0.29) is 5.60 Å². The Morgan fingerprint density at radius 3 is 2.50 bits per heavy atom. The van der Waals surface area contributed by atoms with Crippen LogP contribution in [0.4, 0.5) is 0 Å². The Morgan fingerprint density at radius 1 is 1.11 bits per heavy atom. The molecule has 0 amide bonds. The van der Waals surface area contributed by atoms with Crippen LogP contribution in [0.15, 0.2) is 35.5 Å². The van der Waals surface area contributed by atoms with Gasteiger partial charge in [-0.3, -0.25) is 0 Å². The van der Waals surface area contributed by atoms with Crippen LogP contribution in [0.5, 0.6) is 0 Å². The predicted octanol–water partition coefficient (Wildman–Crippen LogP) is 5.19. The topological polar surface area (TPSA) is 9.23 Å². The van der Waals surface area contributed by atoms with Gasteiger partial charge in [-0.2, -0.15) is 0 Å². The molecular weight excluding hydrogens is 220 g/mol. The fraction of sp³-hybridized carbons (Fsp3) is 0.647. The van der Waals surface area contributed by atoms with Gasteiger partial charge in [0, 0.05) is 6.61 Å². The highest BCUT2D eigenvalue weighted by atomic mass is 16.5. The summed E-state index contributed by atoms with van der Waals surface area (Å²) in [5, 5.41) is 0. The zero-order chi connectivity index (χ0) is 13.4. The van der Waals surface area contributed by atoms with Crippen molar-refractivity contribution < 1.29 is 4.74 Å². The average molecular weight is 248 g/mol. The maximum absolute atomic E-state index is 5.71. The van der Waals surface area contributed by atoms with Crippen LogP contribution in [0.25, 0.3) is 0 Å². The van der Waals surface area contributed by atoms with E-state index < -0.39 is 0 Å². The van der Waals surface area contributed by atoms with Crippen molar-refractivity contribution >= 4 is 0 Å². The SMILES string of the molecule is CC=C1C=CC=C1CCCCCCOC(C)(C)C. The molecule has 1 rings (SSSR count). The first-order chi connectivity index (χ1) is 8.53. The Kier molecular flexibility index (Phi) is 6.42. The first-order valence-corrected chi connectivity index (χ1v) is 7.21. The van der Waals surface area contributed by atoms with Gasteiger partial charge in [0.05, 0.1) is 5.60 Å². The average Bonchev–Trinajstić information content (AvgIpc) is 2.73. The van der Waals surface area contributed by atoms with E-state index >= 15 is 0 Å². The van der Waals surface area contributed by atoms with Crippen molar-refractivity contribution in [2.24, 2.45) is 0 Å². The molecule has 0 aromatic heterocycles. The van der Waals surface area contributed by atoms with Crippen LogP contribution in [0.2, 0.25) is 0 Å². The summed E-state index contributed by atoms with van der Waals surface area (Å²) in [6, 6.07) is 0. The fourth-order valence-corrected chi connectivity index (χ4v) is 2.13. The van der Waals surface area contributed by atoms with E-state index in [1.807, 2.05) is 0 Å². The predicted molar refractivity (Wildman–Crippen MR) is 79.8 cm³/mol. The molecule has 0 aromatic rings. The lowest BCUT2D eigenvalue weighted by Crippen LogP contribution is -2.19. The highest BCUT2D eigenvalue weighted by Gasteiger charge is 2.09. The van der Waals surface area contributed by atoms with Crippen molar-refractivity contribution in [2.45, 2.75) is 65.4 Å². The van der Waals surface area contributed by atoms with E-state index in [9.17, 15) is 0 Å². The lowest BCUT2D eigenvalue weighted by Gasteiger charge is -2.19. The molecule has 0 aromatic carbocycles. The Hall–Kier alpha value is -0.820. The summed E-state index contributed by atoms with van der Waals surface area (Å²) in [5.74, 6) is 0. The van der Waals surface area contributed by atoms with Crippen molar-refractivity contribution in [3.8, 4) is 0 Å². The summed E-state index contributed by atoms with van der Waals surface area (Å²) < 4.78 is 5.71. The summed E-state index contributed by atoms with van der Waals surface area (Å²) >= 11 is 0. The van der Waals surface area contributed by atoms with E-state index in [0.29, 0.717) is 0 Å². The molecule has 0 bridgehead atoms. The molecule has 0 fully saturated rings. The smallest absolute Gasteiger partial charge is 0.0598 e. The van der Waals surface area contributed by atoms with Gasteiger partial charge in [-0.15, -0.1) is 0 Å². The Balaban J connectivity index is 2.00. The fourth-order valence-electron chi connectivity index (χ4n) is 2.13. The second-order valence-corrected chi connectivity index (χ2v) is 5.92. The van der Waals surface area contributed by atoms with Crippen LogP contribution < -0.4 is 0 Å². The third-order valence-electron chi connectivity index (χ3n) is 3.13. The summed E-state index contributed by atoms with van der Waals surface area (Å²) in [6.07, 6.45) is 15.1. The zero-order valence-corrected chi connectivity index (χ0v) is 12.5. The minimum atomic E-state index is 0.0150. The van der Waals surface area contributed by atoms with Crippen molar-refractivity contribution in [3.63, 3.8) is 0 Å². The quantitative estimate of drug-likeness (QED) is 0.563. The molecule has 0 saturated heterocycles. The van der Waals surface area contributed by atoms with Gasteiger partial charge in [0.15, 0.2) is 0 Å². The molecule has 0 atom stereocenters. The number of allylic oxidation sites excluding steroid dienone is 6. The van der Waals surface area contributed by atoms with Gasteiger partial charge in [-0.1, -0.05) is 37.1 Å². The number of hydrogen-bond acceptors (Lipinski definition) is 1. The maximum Gasteiger partial charge on any atom is 0.0598 e. The van der Waals surface area contributed by atoms with E-state index in [0.717, 1.165) is 6.61 Å². The van der Waals surface area contributed by atoms with Gasteiger partial charge < -0.3 is 4.74 Å². The van der Waals surface area contributed by atoms with Crippen LogP contribution in [0, 0.1) is 0 Å². The Morgan fingerprint density at radius 2 is 1.83 bits per heavy atom. The molecule has 0 spiro atoms. The number of hydrogen-bond donors (Lipinski definition) is 0. The van der Waals surface area contributed by atoms with Crippen LogP contribution in [-0.2, 0) is 4.74 Å². The molecular formula is C17H28O. The standard InChI is InChI=1S/C17H28O/c1-5-15-12-10-13-16(15)11-8-6-7-9-14-18-17(2,3)4/h5,10,12-13H,6-9,11,14H2,1-4H3. The third-order valence-corrected chi connectivity index (χ3v) is 3.13. The van der Waals surface area contributed by atoms with Crippen LogP contribution in [-0.4, -0.2) is 12.2 Å². The molecule has 0 heterocycles. The number of ether oxygens (including phenoxy) is 1. The minimum Gasteiger partial charge on any atom is -0.376 e. The molecule has 1 nitrogen and oxygen atoms in total. The normalized spacial score (nSPS) is 17.6. The van der Waals surface area contributed by atoms with Gasteiger partial charge in [-0.05, 0) is 58.1 Å². The first-order valence-electron chi connectivity index (χ1n) is 7.21. The van der Waals surface area contributed by atoms with Gasteiger partial charge in [0.25, 0.3) is 0 Å². The van der Waals surface area contributed by atoms with Crippen molar-refractivity contribution in [1.29, 1.82) is 0 Å². The van der Waals surface area contributed by atoms with Gasteiger partial charge >= 0.3 is 0 Å². The number of unbranched alkanes of at least 4 members (excludes halogenated alkanes) is 3. The van der Waals surface area contributed by atoms with Gasteiger partial charge in [0.2, 0.25) is 0 Å². The third kappa shape index (κ3) is 6.20. The molecule has 102 valence electrons. The zero-order valence-electron chi connectivity index (χ0n) is 12.5. The van der Waals surface area contributed by atoms with E-state index in [2.05, 4.69) is 52.0 Å². The van der Waals surface area contributed by atoms with E-state index in [1.165, 1.54) is 43.3 Å². The molecule has 0 radical (unpaired) electrons. The maximum atomic E-state index is 5.71. The Bertz CT molecular complexity index is 326. The van der Waals surface area contributed by atoms with Gasteiger partial charge in [0.1, 0.15) is 0 Å². The Labute approximate surface area is 113 Å². The highest BCUT2D eigenvalue weighted by molar-refractivity contribution is 5.47. The molecule has 0 saturated carbocycles. The largest absolute Gasteiger partial charge is 0.376 e. The first kappa shape index (κ1) is 15.2. The second kappa shape index (κ2) is 7.58. The number of rotatable bonds is 7. The second-order valence-electron chi connectivity index (χ2n) is 5.92. The monoisotopic (exact) mass is 248 g/mol. The van der Waals surface area contributed by atoms with Crippen LogP contribution in [0.1, 0.15) is 59.8 Å². The van der Waals surface area contributed by atoms with Gasteiger partial charge in [-0.25, -0.2) is 0 Å². The van der Waals surface area contributed by atoms with Crippen molar-refractivity contribution in [2.75, 3.05) is 6.61 Å². The molecule has 1 heteroatoms.